The Labute approximate surface area is 112 Å². The van der Waals surface area contributed by atoms with Crippen molar-refractivity contribution in [2.24, 2.45) is 0 Å². The number of hydrogen-bond donors (Lipinski definition) is 0. The average Bonchev–Trinajstić information content (AvgIpc) is 2.37. The van der Waals surface area contributed by atoms with Gasteiger partial charge in [0.1, 0.15) is 0 Å². The molecule has 0 saturated heterocycles. The second-order valence-corrected chi connectivity index (χ2v) is 5.12. The standard InChI is InChI=1S/C14H16ClNO2/c1-3-16-12-6-4-11(14(18)9(2)15)8-10(12)5-7-13(16)17/h4,6,8-9H,3,5,7H2,1-2H3. The molecule has 1 amide bonds. The van der Waals surface area contributed by atoms with Gasteiger partial charge in [-0.3, -0.25) is 9.59 Å². The van der Waals surface area contributed by atoms with E-state index in [4.69, 9.17) is 11.6 Å². The van der Waals surface area contributed by atoms with Crippen LogP contribution in [0.1, 0.15) is 36.2 Å². The number of amides is 1. The van der Waals surface area contributed by atoms with E-state index in [-0.39, 0.29) is 11.7 Å². The molecule has 1 aliphatic rings. The van der Waals surface area contributed by atoms with Crippen LogP contribution < -0.4 is 4.90 Å². The van der Waals surface area contributed by atoms with Crippen LogP contribution in [0, 0.1) is 0 Å². The van der Waals surface area contributed by atoms with E-state index in [1.165, 1.54) is 0 Å². The van der Waals surface area contributed by atoms with E-state index in [0.717, 1.165) is 11.3 Å². The lowest BCUT2D eigenvalue weighted by molar-refractivity contribution is -0.118. The zero-order chi connectivity index (χ0) is 13.3. The largest absolute Gasteiger partial charge is 0.312 e. The van der Waals surface area contributed by atoms with Gasteiger partial charge in [0.25, 0.3) is 0 Å². The number of carbonyl (C=O) groups excluding carboxylic acids is 2. The van der Waals surface area contributed by atoms with Crippen molar-refractivity contribution >= 4 is 29.0 Å². The first-order valence-electron chi connectivity index (χ1n) is 6.16. The first-order valence-corrected chi connectivity index (χ1v) is 6.59. The number of anilines is 1. The number of rotatable bonds is 3. The van der Waals surface area contributed by atoms with Crippen molar-refractivity contribution in [2.45, 2.75) is 32.1 Å². The normalized spacial score (nSPS) is 16.4. The van der Waals surface area contributed by atoms with Crippen LogP contribution in [0.3, 0.4) is 0 Å². The summed E-state index contributed by atoms with van der Waals surface area (Å²) >= 11 is 5.81. The van der Waals surface area contributed by atoms with Gasteiger partial charge in [-0.05, 0) is 44.0 Å². The second kappa shape index (κ2) is 5.11. The van der Waals surface area contributed by atoms with Gasteiger partial charge in [0, 0.05) is 24.2 Å². The van der Waals surface area contributed by atoms with Gasteiger partial charge in [0.05, 0.1) is 5.38 Å². The minimum atomic E-state index is -0.518. The molecule has 18 heavy (non-hydrogen) atoms. The Morgan fingerprint density at radius 1 is 1.44 bits per heavy atom. The maximum atomic E-state index is 11.8. The molecule has 4 heteroatoms. The molecule has 0 aliphatic carbocycles. The van der Waals surface area contributed by atoms with Gasteiger partial charge >= 0.3 is 0 Å². The number of alkyl halides is 1. The number of benzene rings is 1. The number of nitrogens with zero attached hydrogens (tertiary/aromatic N) is 1. The fourth-order valence-electron chi connectivity index (χ4n) is 2.29. The van der Waals surface area contributed by atoms with E-state index in [2.05, 4.69) is 0 Å². The van der Waals surface area contributed by atoms with Crippen LogP contribution in [0.5, 0.6) is 0 Å². The number of hydrogen-bond acceptors (Lipinski definition) is 2. The predicted octanol–water partition coefficient (Wildman–Crippen LogP) is 2.80. The molecule has 1 aromatic rings. The molecule has 2 rings (SSSR count). The molecule has 1 aromatic carbocycles. The summed E-state index contributed by atoms with van der Waals surface area (Å²) in [4.78, 5) is 25.3. The Hall–Kier alpha value is -1.35. The smallest absolute Gasteiger partial charge is 0.227 e. The highest BCUT2D eigenvalue weighted by Gasteiger charge is 2.24. The number of Topliss-reactive ketones (excluding diaryl/α,β-unsaturated/α-hetero) is 1. The summed E-state index contributed by atoms with van der Waals surface area (Å²) in [5, 5.41) is -0.518. The summed E-state index contributed by atoms with van der Waals surface area (Å²) in [5.74, 6) is 0.0780. The van der Waals surface area contributed by atoms with E-state index in [9.17, 15) is 9.59 Å². The predicted molar refractivity (Wildman–Crippen MR) is 72.4 cm³/mol. The maximum Gasteiger partial charge on any atom is 0.227 e. The summed E-state index contributed by atoms with van der Waals surface area (Å²) < 4.78 is 0. The van der Waals surface area contributed by atoms with Crippen molar-refractivity contribution in [3.05, 3.63) is 29.3 Å². The minimum Gasteiger partial charge on any atom is -0.312 e. The van der Waals surface area contributed by atoms with Crippen molar-refractivity contribution in [3.63, 3.8) is 0 Å². The lowest BCUT2D eigenvalue weighted by Gasteiger charge is -2.28. The SMILES string of the molecule is CCN1C(=O)CCc2cc(C(=O)C(C)Cl)ccc21. The van der Waals surface area contributed by atoms with Crippen molar-refractivity contribution < 1.29 is 9.59 Å². The molecule has 0 aromatic heterocycles. The zero-order valence-electron chi connectivity index (χ0n) is 10.6. The Balaban J connectivity index is 2.39. The monoisotopic (exact) mass is 265 g/mol. The molecule has 0 bridgehead atoms. The number of aryl methyl sites for hydroxylation is 1. The van der Waals surface area contributed by atoms with Gasteiger partial charge in [0.15, 0.2) is 5.78 Å². The van der Waals surface area contributed by atoms with Crippen LogP contribution in [0.2, 0.25) is 0 Å². The molecule has 0 N–H and O–H groups in total. The van der Waals surface area contributed by atoms with E-state index < -0.39 is 5.38 Å². The summed E-state index contributed by atoms with van der Waals surface area (Å²) in [6.07, 6.45) is 1.21. The van der Waals surface area contributed by atoms with Crippen molar-refractivity contribution in [2.75, 3.05) is 11.4 Å². The van der Waals surface area contributed by atoms with Gasteiger partial charge in [0.2, 0.25) is 5.91 Å². The van der Waals surface area contributed by atoms with Crippen molar-refractivity contribution in [1.29, 1.82) is 0 Å². The number of fused-ring (bicyclic) bond motifs is 1. The number of ketones is 1. The first-order chi connectivity index (χ1) is 8.54. The fourth-order valence-corrected chi connectivity index (χ4v) is 2.42. The molecule has 0 spiro atoms. The molecule has 0 radical (unpaired) electrons. The molecule has 1 atom stereocenters. The Bertz CT molecular complexity index is 497. The summed E-state index contributed by atoms with van der Waals surface area (Å²) in [5.41, 5.74) is 2.61. The fraction of sp³-hybridized carbons (Fsp3) is 0.429. The number of halogens is 1. The third kappa shape index (κ3) is 2.27. The lowest BCUT2D eigenvalue weighted by atomic mass is 9.97. The molecule has 0 saturated carbocycles. The molecule has 0 fully saturated rings. The zero-order valence-corrected chi connectivity index (χ0v) is 11.3. The van der Waals surface area contributed by atoms with Crippen LogP contribution in [-0.2, 0) is 11.2 Å². The summed E-state index contributed by atoms with van der Waals surface area (Å²) in [7, 11) is 0. The van der Waals surface area contributed by atoms with Crippen LogP contribution in [0.4, 0.5) is 5.69 Å². The third-order valence-electron chi connectivity index (χ3n) is 3.24. The Morgan fingerprint density at radius 2 is 2.17 bits per heavy atom. The van der Waals surface area contributed by atoms with E-state index in [0.29, 0.717) is 24.9 Å². The van der Waals surface area contributed by atoms with Crippen LogP contribution in [0.15, 0.2) is 18.2 Å². The minimum absolute atomic E-state index is 0.0700. The quantitative estimate of drug-likeness (QED) is 0.623. The molecule has 1 unspecified atom stereocenters. The Morgan fingerprint density at radius 3 is 2.78 bits per heavy atom. The van der Waals surface area contributed by atoms with Gasteiger partial charge < -0.3 is 4.90 Å². The van der Waals surface area contributed by atoms with Crippen LogP contribution in [-0.4, -0.2) is 23.6 Å². The lowest BCUT2D eigenvalue weighted by Crippen LogP contribution is -2.34. The molecule has 3 nitrogen and oxygen atoms in total. The molecule has 1 aliphatic heterocycles. The average molecular weight is 266 g/mol. The molecular weight excluding hydrogens is 250 g/mol. The highest BCUT2D eigenvalue weighted by atomic mass is 35.5. The molecule has 1 heterocycles. The van der Waals surface area contributed by atoms with Crippen LogP contribution >= 0.6 is 11.6 Å². The molecular formula is C14H16ClNO2. The van der Waals surface area contributed by atoms with Gasteiger partial charge in [-0.1, -0.05) is 0 Å². The van der Waals surface area contributed by atoms with Gasteiger partial charge in [-0.25, -0.2) is 0 Å². The summed E-state index contributed by atoms with van der Waals surface area (Å²) in [6, 6.07) is 5.47. The van der Waals surface area contributed by atoms with E-state index >= 15 is 0 Å². The van der Waals surface area contributed by atoms with Crippen molar-refractivity contribution in [1.82, 2.24) is 0 Å². The maximum absolute atomic E-state index is 11.8. The van der Waals surface area contributed by atoms with Gasteiger partial charge in [-0.2, -0.15) is 0 Å². The van der Waals surface area contributed by atoms with Crippen molar-refractivity contribution in [3.8, 4) is 0 Å². The first kappa shape index (κ1) is 13.1. The van der Waals surface area contributed by atoms with Crippen LogP contribution in [0.25, 0.3) is 0 Å². The third-order valence-corrected chi connectivity index (χ3v) is 3.44. The topological polar surface area (TPSA) is 37.4 Å². The van der Waals surface area contributed by atoms with E-state index in [1.807, 2.05) is 19.1 Å². The number of carbonyl (C=O) groups is 2. The second-order valence-electron chi connectivity index (χ2n) is 4.46. The van der Waals surface area contributed by atoms with E-state index in [1.54, 1.807) is 17.9 Å². The highest BCUT2D eigenvalue weighted by molar-refractivity contribution is 6.33. The van der Waals surface area contributed by atoms with Gasteiger partial charge in [-0.15, -0.1) is 11.6 Å². The molecule has 96 valence electrons. The summed E-state index contributed by atoms with van der Waals surface area (Å²) in [6.45, 7) is 4.28. The highest BCUT2D eigenvalue weighted by Crippen LogP contribution is 2.29. The Kier molecular flexibility index (Phi) is 3.71.